The molecule has 0 aliphatic heterocycles. The first kappa shape index (κ1) is 15.6. The second-order valence-corrected chi connectivity index (χ2v) is 7.69. The van der Waals surface area contributed by atoms with Crippen molar-refractivity contribution in [2.24, 2.45) is 0 Å². The van der Waals surface area contributed by atoms with Crippen LogP contribution in [-0.4, -0.2) is 33.9 Å². The molecular formula is C11H14N4O4S2. The summed E-state index contributed by atoms with van der Waals surface area (Å²) in [4.78, 5) is 6.64. The van der Waals surface area contributed by atoms with Gasteiger partial charge in [-0.3, -0.25) is 0 Å². The highest BCUT2D eigenvalue weighted by Crippen LogP contribution is 2.14. The van der Waals surface area contributed by atoms with Crippen molar-refractivity contribution in [3.8, 4) is 0 Å². The van der Waals surface area contributed by atoms with Crippen LogP contribution in [0.3, 0.4) is 0 Å². The minimum atomic E-state index is -3.73. The van der Waals surface area contributed by atoms with E-state index in [0.29, 0.717) is 5.82 Å². The van der Waals surface area contributed by atoms with E-state index in [2.05, 4.69) is 19.4 Å². The average Bonchev–Trinajstić information content (AvgIpc) is 2.99. The number of nitrogens with one attached hydrogen (secondary N) is 3. The smallest absolute Gasteiger partial charge is 0.240 e. The lowest BCUT2D eigenvalue weighted by Crippen LogP contribution is -2.24. The normalized spacial score (nSPS) is 12.4. The maximum atomic E-state index is 12.0. The van der Waals surface area contributed by atoms with Crippen molar-refractivity contribution >= 4 is 20.0 Å². The SMILES string of the molecule is CNS(=O)(=O)c1ccc(S(=O)(=O)NCc2ncc[nH]2)cc1. The number of hydrogen-bond donors (Lipinski definition) is 3. The monoisotopic (exact) mass is 330 g/mol. The van der Waals surface area contributed by atoms with Crippen LogP contribution in [-0.2, 0) is 26.6 Å². The van der Waals surface area contributed by atoms with E-state index in [1.807, 2.05) is 0 Å². The molecule has 21 heavy (non-hydrogen) atoms. The largest absolute Gasteiger partial charge is 0.347 e. The van der Waals surface area contributed by atoms with Crippen LogP contribution in [0.25, 0.3) is 0 Å². The van der Waals surface area contributed by atoms with E-state index in [1.165, 1.54) is 37.5 Å². The number of imidazole rings is 1. The van der Waals surface area contributed by atoms with Gasteiger partial charge in [-0.25, -0.2) is 31.3 Å². The molecule has 0 unspecified atom stereocenters. The van der Waals surface area contributed by atoms with Gasteiger partial charge in [0.25, 0.3) is 0 Å². The summed E-state index contributed by atoms with van der Waals surface area (Å²) in [7, 11) is -6.04. The standard InChI is InChI=1S/C11H14N4O4S2/c1-12-20(16,17)9-2-4-10(5-3-9)21(18,19)15-8-11-13-6-7-14-11/h2-7,12,15H,8H2,1H3,(H,13,14). The van der Waals surface area contributed by atoms with Crippen molar-refractivity contribution in [3.05, 3.63) is 42.5 Å². The zero-order valence-electron chi connectivity index (χ0n) is 11.1. The summed E-state index contributed by atoms with van der Waals surface area (Å²) >= 11 is 0. The molecule has 1 aromatic heterocycles. The van der Waals surface area contributed by atoms with Crippen molar-refractivity contribution in [1.29, 1.82) is 0 Å². The molecule has 2 aromatic rings. The summed E-state index contributed by atoms with van der Waals surface area (Å²) in [6.45, 7) is 0.0197. The molecule has 0 saturated heterocycles. The van der Waals surface area contributed by atoms with Gasteiger partial charge in [-0.15, -0.1) is 0 Å². The number of rotatable bonds is 6. The highest BCUT2D eigenvalue weighted by atomic mass is 32.2. The predicted octanol–water partition coefficient (Wildman–Crippen LogP) is -0.204. The number of nitrogens with zero attached hydrogens (tertiary/aromatic N) is 1. The maximum absolute atomic E-state index is 12.0. The van der Waals surface area contributed by atoms with E-state index in [9.17, 15) is 16.8 Å². The molecule has 0 spiro atoms. The first-order valence-corrected chi connectivity index (χ1v) is 8.83. The van der Waals surface area contributed by atoms with Crippen LogP contribution in [0.2, 0.25) is 0 Å². The lowest BCUT2D eigenvalue weighted by molar-refractivity contribution is 0.578. The molecule has 0 fully saturated rings. The average molecular weight is 330 g/mol. The summed E-state index contributed by atoms with van der Waals surface area (Å²) in [5.41, 5.74) is 0. The fourth-order valence-electron chi connectivity index (χ4n) is 1.56. The molecule has 0 saturated carbocycles. The molecule has 10 heteroatoms. The van der Waals surface area contributed by atoms with Gasteiger partial charge in [0.1, 0.15) is 5.82 Å². The second-order valence-electron chi connectivity index (χ2n) is 4.04. The van der Waals surface area contributed by atoms with Crippen molar-refractivity contribution in [1.82, 2.24) is 19.4 Å². The third-order valence-corrected chi connectivity index (χ3v) is 5.54. The van der Waals surface area contributed by atoms with E-state index < -0.39 is 20.0 Å². The minimum Gasteiger partial charge on any atom is -0.347 e. The Bertz CT molecular complexity index is 796. The molecule has 0 bridgehead atoms. The summed E-state index contributed by atoms with van der Waals surface area (Å²) in [5.74, 6) is 0.480. The number of benzene rings is 1. The molecule has 8 nitrogen and oxygen atoms in total. The zero-order valence-corrected chi connectivity index (χ0v) is 12.7. The van der Waals surface area contributed by atoms with Gasteiger partial charge in [0.15, 0.2) is 0 Å². The van der Waals surface area contributed by atoms with E-state index in [0.717, 1.165) is 0 Å². The molecule has 2 rings (SSSR count). The molecule has 0 aliphatic carbocycles. The van der Waals surface area contributed by atoms with Crippen molar-refractivity contribution in [3.63, 3.8) is 0 Å². The molecule has 1 heterocycles. The lowest BCUT2D eigenvalue weighted by Gasteiger charge is -2.07. The van der Waals surface area contributed by atoms with Crippen molar-refractivity contribution in [2.75, 3.05) is 7.05 Å². The Kier molecular flexibility index (Phi) is 4.42. The van der Waals surface area contributed by atoms with Crippen molar-refractivity contribution < 1.29 is 16.8 Å². The Hall–Kier alpha value is -1.75. The fourth-order valence-corrected chi connectivity index (χ4v) is 3.28. The molecule has 1 aromatic carbocycles. The van der Waals surface area contributed by atoms with Crippen LogP contribution < -0.4 is 9.44 Å². The second kappa shape index (κ2) is 5.93. The first-order valence-electron chi connectivity index (χ1n) is 5.87. The topological polar surface area (TPSA) is 121 Å². The number of aromatic amines is 1. The lowest BCUT2D eigenvalue weighted by atomic mass is 10.4. The van der Waals surface area contributed by atoms with Gasteiger partial charge < -0.3 is 4.98 Å². The number of sulfonamides is 2. The van der Waals surface area contributed by atoms with E-state index in [-0.39, 0.29) is 16.3 Å². The van der Waals surface area contributed by atoms with Crippen molar-refractivity contribution in [2.45, 2.75) is 16.3 Å². The first-order chi connectivity index (χ1) is 9.85. The van der Waals surface area contributed by atoms with Crippen LogP contribution in [0.4, 0.5) is 0 Å². The predicted molar refractivity (Wildman–Crippen MR) is 75.3 cm³/mol. The zero-order chi connectivity index (χ0) is 15.5. The Labute approximate surface area is 122 Å². The highest BCUT2D eigenvalue weighted by Gasteiger charge is 2.16. The summed E-state index contributed by atoms with van der Waals surface area (Å²) < 4.78 is 51.7. The molecule has 0 radical (unpaired) electrons. The highest BCUT2D eigenvalue weighted by molar-refractivity contribution is 7.90. The van der Waals surface area contributed by atoms with Gasteiger partial charge in [-0.1, -0.05) is 0 Å². The van der Waals surface area contributed by atoms with Crippen LogP contribution in [0.5, 0.6) is 0 Å². The summed E-state index contributed by atoms with van der Waals surface area (Å²) in [5, 5.41) is 0. The molecule has 0 amide bonds. The van der Waals surface area contributed by atoms with Crippen LogP contribution in [0.15, 0.2) is 46.5 Å². The van der Waals surface area contributed by atoms with Crippen LogP contribution in [0.1, 0.15) is 5.82 Å². The van der Waals surface area contributed by atoms with Crippen LogP contribution >= 0.6 is 0 Å². The number of hydrogen-bond acceptors (Lipinski definition) is 5. The molecule has 0 aliphatic rings. The Balaban J connectivity index is 2.17. The minimum absolute atomic E-state index is 0.00464. The third-order valence-electron chi connectivity index (χ3n) is 2.70. The Morgan fingerprint density at radius 2 is 1.62 bits per heavy atom. The molecule has 3 N–H and O–H groups in total. The van der Waals surface area contributed by atoms with E-state index in [1.54, 1.807) is 6.20 Å². The molecular weight excluding hydrogens is 316 g/mol. The van der Waals surface area contributed by atoms with Gasteiger partial charge in [-0.2, -0.15) is 0 Å². The van der Waals surface area contributed by atoms with Gasteiger partial charge in [0.2, 0.25) is 20.0 Å². The summed E-state index contributed by atoms with van der Waals surface area (Å²) in [6.07, 6.45) is 3.10. The summed E-state index contributed by atoms with van der Waals surface area (Å²) in [6, 6.07) is 4.92. The molecule has 114 valence electrons. The fraction of sp³-hybridized carbons (Fsp3) is 0.182. The van der Waals surface area contributed by atoms with E-state index >= 15 is 0 Å². The maximum Gasteiger partial charge on any atom is 0.240 e. The Morgan fingerprint density at radius 3 is 2.10 bits per heavy atom. The Morgan fingerprint density at radius 1 is 1.05 bits per heavy atom. The number of H-pyrrole nitrogens is 1. The van der Waals surface area contributed by atoms with Gasteiger partial charge in [-0.05, 0) is 31.3 Å². The van der Waals surface area contributed by atoms with Gasteiger partial charge in [0, 0.05) is 12.4 Å². The quantitative estimate of drug-likeness (QED) is 0.677. The van der Waals surface area contributed by atoms with E-state index in [4.69, 9.17) is 0 Å². The van der Waals surface area contributed by atoms with Gasteiger partial charge in [0.05, 0.1) is 16.3 Å². The molecule has 0 atom stereocenters. The third kappa shape index (κ3) is 3.67. The number of aromatic nitrogens is 2. The van der Waals surface area contributed by atoms with Crippen LogP contribution in [0, 0.1) is 0 Å². The van der Waals surface area contributed by atoms with Gasteiger partial charge >= 0.3 is 0 Å².